The summed E-state index contributed by atoms with van der Waals surface area (Å²) >= 11 is 0. The Morgan fingerprint density at radius 1 is 1.41 bits per heavy atom. The number of nitrogens with zero attached hydrogens (tertiary/aromatic N) is 1. The number of hydrogen-bond donors (Lipinski definition) is 2. The van der Waals surface area contributed by atoms with Crippen LogP contribution >= 0.6 is 0 Å². The molecule has 94 valence electrons. The molecule has 0 bridgehead atoms. The summed E-state index contributed by atoms with van der Waals surface area (Å²) in [5.74, 6) is 0.646. The summed E-state index contributed by atoms with van der Waals surface area (Å²) in [7, 11) is 0. The van der Waals surface area contributed by atoms with E-state index in [2.05, 4.69) is 29.2 Å². The highest BCUT2D eigenvalue weighted by Crippen LogP contribution is 2.26. The molecule has 17 heavy (non-hydrogen) atoms. The molecule has 1 aromatic rings. The van der Waals surface area contributed by atoms with Gasteiger partial charge in [-0.3, -0.25) is 0 Å². The first kappa shape index (κ1) is 12.4. The molecule has 2 rings (SSSR count). The maximum Gasteiger partial charge on any atom is 0.0434 e. The monoisotopic (exact) mass is 234 g/mol. The lowest BCUT2D eigenvalue weighted by Crippen LogP contribution is -2.20. The maximum atomic E-state index is 8.95. The topological polar surface area (TPSA) is 49.5 Å². The van der Waals surface area contributed by atoms with Gasteiger partial charge in [-0.05, 0) is 43.4 Å². The van der Waals surface area contributed by atoms with Crippen molar-refractivity contribution in [1.82, 2.24) is 0 Å². The van der Waals surface area contributed by atoms with Crippen molar-refractivity contribution in [1.29, 1.82) is 0 Å². The Bertz CT molecular complexity index is 348. The molecule has 1 saturated heterocycles. The molecule has 2 atom stereocenters. The minimum absolute atomic E-state index is 0.102. The van der Waals surface area contributed by atoms with Gasteiger partial charge in [0.15, 0.2) is 0 Å². The molecule has 3 nitrogen and oxygen atoms in total. The van der Waals surface area contributed by atoms with Gasteiger partial charge in [-0.25, -0.2) is 0 Å². The predicted octanol–water partition coefficient (Wildman–Crippen LogP) is 1.92. The van der Waals surface area contributed by atoms with E-state index in [1.54, 1.807) is 0 Å². The third-order valence-electron chi connectivity index (χ3n) is 3.61. The molecular formula is C14H22N2O. The number of aliphatic hydroxyl groups excluding tert-OH is 1. The molecule has 1 fully saturated rings. The van der Waals surface area contributed by atoms with Crippen molar-refractivity contribution in [2.75, 3.05) is 24.6 Å². The molecule has 0 radical (unpaired) electrons. The van der Waals surface area contributed by atoms with Crippen molar-refractivity contribution in [3.05, 3.63) is 29.8 Å². The maximum absolute atomic E-state index is 8.95. The van der Waals surface area contributed by atoms with Gasteiger partial charge in [0.1, 0.15) is 0 Å². The first-order chi connectivity index (χ1) is 8.20. The lowest BCUT2D eigenvalue weighted by Gasteiger charge is -2.19. The van der Waals surface area contributed by atoms with Crippen molar-refractivity contribution in [3.8, 4) is 0 Å². The van der Waals surface area contributed by atoms with Crippen LogP contribution < -0.4 is 10.6 Å². The first-order valence-electron chi connectivity index (χ1n) is 6.42. The Kier molecular flexibility index (Phi) is 4.02. The zero-order valence-corrected chi connectivity index (χ0v) is 10.5. The normalized spacial score (nSPS) is 21.8. The van der Waals surface area contributed by atoms with Crippen molar-refractivity contribution >= 4 is 5.69 Å². The van der Waals surface area contributed by atoms with E-state index in [1.807, 2.05) is 6.92 Å². The number of aliphatic hydroxyl groups is 1. The molecule has 3 heteroatoms. The molecule has 0 amide bonds. The van der Waals surface area contributed by atoms with Crippen LogP contribution in [0.1, 0.15) is 31.4 Å². The van der Waals surface area contributed by atoms with Crippen LogP contribution in [0.15, 0.2) is 24.3 Å². The Morgan fingerprint density at radius 2 is 2.12 bits per heavy atom. The van der Waals surface area contributed by atoms with Gasteiger partial charge < -0.3 is 15.7 Å². The predicted molar refractivity (Wildman–Crippen MR) is 71.1 cm³/mol. The van der Waals surface area contributed by atoms with Gasteiger partial charge in [-0.1, -0.05) is 12.1 Å². The van der Waals surface area contributed by atoms with E-state index in [0.717, 1.165) is 19.5 Å². The molecule has 1 aliphatic rings. The second kappa shape index (κ2) is 5.52. The molecule has 1 aliphatic heterocycles. The Hall–Kier alpha value is -1.06. The number of benzene rings is 1. The molecule has 0 aliphatic carbocycles. The fraction of sp³-hybridized carbons (Fsp3) is 0.571. The second-order valence-electron chi connectivity index (χ2n) is 4.99. The summed E-state index contributed by atoms with van der Waals surface area (Å²) < 4.78 is 0. The largest absolute Gasteiger partial charge is 0.396 e. The molecule has 2 unspecified atom stereocenters. The van der Waals surface area contributed by atoms with E-state index in [0.29, 0.717) is 12.5 Å². The highest BCUT2D eigenvalue weighted by Gasteiger charge is 2.21. The summed E-state index contributed by atoms with van der Waals surface area (Å²) in [6.45, 7) is 4.48. The van der Waals surface area contributed by atoms with Crippen LogP contribution in [0.5, 0.6) is 0 Å². The molecule has 3 N–H and O–H groups in total. The Balaban J connectivity index is 1.99. The quantitative estimate of drug-likeness (QED) is 0.836. The average molecular weight is 234 g/mol. The molecule has 0 saturated carbocycles. The lowest BCUT2D eigenvalue weighted by atomic mass is 10.1. The van der Waals surface area contributed by atoms with Gasteiger partial charge in [0.25, 0.3) is 0 Å². The highest BCUT2D eigenvalue weighted by atomic mass is 16.3. The fourth-order valence-electron chi connectivity index (χ4n) is 2.47. The zero-order valence-electron chi connectivity index (χ0n) is 10.5. The van der Waals surface area contributed by atoms with Crippen molar-refractivity contribution in [2.24, 2.45) is 11.7 Å². The third-order valence-corrected chi connectivity index (χ3v) is 3.61. The summed E-state index contributed by atoms with van der Waals surface area (Å²) in [5.41, 5.74) is 8.29. The molecule has 0 spiro atoms. The zero-order chi connectivity index (χ0) is 12.3. The third kappa shape index (κ3) is 2.99. The minimum atomic E-state index is 0.102. The van der Waals surface area contributed by atoms with E-state index in [-0.39, 0.29) is 6.04 Å². The van der Waals surface area contributed by atoms with E-state index in [1.165, 1.54) is 17.7 Å². The van der Waals surface area contributed by atoms with Crippen molar-refractivity contribution < 1.29 is 5.11 Å². The van der Waals surface area contributed by atoms with Gasteiger partial charge >= 0.3 is 0 Å². The second-order valence-corrected chi connectivity index (χ2v) is 4.99. The Labute approximate surface area is 103 Å². The van der Waals surface area contributed by atoms with E-state index < -0.39 is 0 Å². The Morgan fingerprint density at radius 3 is 2.71 bits per heavy atom. The lowest BCUT2D eigenvalue weighted by molar-refractivity contribution is 0.263. The first-order valence-corrected chi connectivity index (χ1v) is 6.42. The smallest absolute Gasteiger partial charge is 0.0434 e. The standard InChI is InChI=1S/C14H22N2O/c1-11(15)13-2-4-14(5-3-13)16-8-6-12(10-16)7-9-17/h2-5,11-12,17H,6-10,15H2,1H3. The summed E-state index contributed by atoms with van der Waals surface area (Å²) in [6, 6.07) is 8.63. The van der Waals surface area contributed by atoms with Crippen LogP contribution in [0.4, 0.5) is 5.69 Å². The fourth-order valence-corrected chi connectivity index (χ4v) is 2.47. The van der Waals surface area contributed by atoms with Crippen LogP contribution in [-0.2, 0) is 0 Å². The van der Waals surface area contributed by atoms with E-state index >= 15 is 0 Å². The minimum Gasteiger partial charge on any atom is -0.396 e. The van der Waals surface area contributed by atoms with Crippen molar-refractivity contribution in [3.63, 3.8) is 0 Å². The van der Waals surface area contributed by atoms with Gasteiger partial charge in [-0.15, -0.1) is 0 Å². The molecule has 1 heterocycles. The molecule has 1 aromatic carbocycles. The van der Waals surface area contributed by atoms with Gasteiger partial charge in [0.05, 0.1) is 0 Å². The van der Waals surface area contributed by atoms with Crippen LogP contribution in [0, 0.1) is 5.92 Å². The highest BCUT2D eigenvalue weighted by molar-refractivity contribution is 5.48. The van der Waals surface area contributed by atoms with Crippen LogP contribution in [0.25, 0.3) is 0 Å². The van der Waals surface area contributed by atoms with Crippen molar-refractivity contribution in [2.45, 2.75) is 25.8 Å². The van der Waals surface area contributed by atoms with Gasteiger partial charge in [0.2, 0.25) is 0 Å². The summed E-state index contributed by atoms with van der Waals surface area (Å²) in [6.07, 6.45) is 2.12. The van der Waals surface area contributed by atoms with Crippen LogP contribution in [0.2, 0.25) is 0 Å². The van der Waals surface area contributed by atoms with Crippen LogP contribution in [-0.4, -0.2) is 24.8 Å². The molecular weight excluding hydrogens is 212 g/mol. The number of nitrogens with two attached hydrogens (primary N) is 1. The molecule has 0 aromatic heterocycles. The number of anilines is 1. The van der Waals surface area contributed by atoms with E-state index in [9.17, 15) is 0 Å². The average Bonchev–Trinajstić information content (AvgIpc) is 2.78. The number of hydrogen-bond acceptors (Lipinski definition) is 3. The number of rotatable bonds is 4. The summed E-state index contributed by atoms with van der Waals surface area (Å²) in [4.78, 5) is 2.39. The summed E-state index contributed by atoms with van der Waals surface area (Å²) in [5, 5.41) is 8.95. The van der Waals surface area contributed by atoms with Gasteiger partial charge in [0, 0.05) is 31.4 Å². The SMILES string of the molecule is CC(N)c1ccc(N2CCC(CCO)C2)cc1. The van der Waals surface area contributed by atoms with Crippen LogP contribution in [0.3, 0.4) is 0 Å². The van der Waals surface area contributed by atoms with E-state index in [4.69, 9.17) is 10.8 Å². The van der Waals surface area contributed by atoms with Gasteiger partial charge in [-0.2, -0.15) is 0 Å².